The highest BCUT2D eigenvalue weighted by atomic mass is 32.2. The second kappa shape index (κ2) is 11.0. The van der Waals surface area contributed by atoms with E-state index in [1.165, 1.54) is 10.6 Å². The van der Waals surface area contributed by atoms with Crippen LogP contribution in [-0.4, -0.2) is 47.9 Å². The number of aryl methyl sites for hydroxylation is 2. The number of hydrogen-bond acceptors (Lipinski definition) is 5. The zero-order valence-electron chi connectivity index (χ0n) is 18.9. The number of nitrogens with one attached hydrogen (secondary N) is 1. The molecule has 0 aliphatic heterocycles. The van der Waals surface area contributed by atoms with Crippen LogP contribution in [0.1, 0.15) is 29.5 Å². The van der Waals surface area contributed by atoms with Gasteiger partial charge in [-0.1, -0.05) is 18.2 Å². The molecule has 2 rings (SSSR count). The molecule has 0 atom stereocenters. The molecule has 1 N–H and O–H groups in total. The van der Waals surface area contributed by atoms with E-state index in [1.807, 2.05) is 50.2 Å². The number of carbonyl (C=O) groups is 1. The number of sulfonamides is 1. The molecule has 0 heterocycles. The maximum absolute atomic E-state index is 12.3. The lowest BCUT2D eigenvalue weighted by atomic mass is 10.1. The van der Waals surface area contributed by atoms with Crippen LogP contribution in [0.2, 0.25) is 0 Å². The van der Waals surface area contributed by atoms with E-state index in [1.54, 1.807) is 14.2 Å². The molecule has 31 heavy (non-hydrogen) atoms. The highest BCUT2D eigenvalue weighted by Gasteiger charge is 2.19. The molecule has 0 aliphatic carbocycles. The number of carbonyl (C=O) groups excluding carboxylic acids is 1. The monoisotopic (exact) mass is 448 g/mol. The number of nitrogens with zero attached hydrogens (tertiary/aromatic N) is 1. The third-order valence-corrected chi connectivity index (χ3v) is 6.16. The Labute approximate surface area is 185 Å². The number of methoxy groups -OCH3 is 2. The van der Waals surface area contributed by atoms with Crippen molar-refractivity contribution < 1.29 is 22.7 Å². The summed E-state index contributed by atoms with van der Waals surface area (Å²) < 4.78 is 36.5. The summed E-state index contributed by atoms with van der Waals surface area (Å²) in [4.78, 5) is 12.2. The van der Waals surface area contributed by atoms with Crippen molar-refractivity contribution in [2.75, 3.05) is 37.9 Å². The average molecular weight is 449 g/mol. The van der Waals surface area contributed by atoms with Gasteiger partial charge in [0.05, 0.1) is 26.2 Å². The highest BCUT2D eigenvalue weighted by Crippen LogP contribution is 2.27. The van der Waals surface area contributed by atoms with Crippen LogP contribution in [-0.2, 0) is 21.2 Å². The predicted octanol–water partition coefficient (Wildman–Crippen LogP) is 3.23. The predicted molar refractivity (Wildman–Crippen MR) is 124 cm³/mol. The summed E-state index contributed by atoms with van der Waals surface area (Å²) in [7, 11) is -0.270. The standard InChI is InChI=1S/C23H32N2O5S/c1-17-8-9-18(2)20(15-17)25(31(5,27)28)14-6-7-23(26)24-13-12-19-10-11-21(29-3)22(16-19)30-4/h8-11,15-16H,6-7,12-14H2,1-5H3,(H,24,26). The average Bonchev–Trinajstić information content (AvgIpc) is 2.72. The van der Waals surface area contributed by atoms with Gasteiger partial charge in [0.25, 0.3) is 0 Å². The first-order valence-corrected chi connectivity index (χ1v) is 12.0. The molecule has 0 radical (unpaired) electrons. The van der Waals surface area contributed by atoms with Gasteiger partial charge in [-0.2, -0.15) is 0 Å². The van der Waals surface area contributed by atoms with Gasteiger partial charge < -0.3 is 14.8 Å². The van der Waals surface area contributed by atoms with Crippen LogP contribution in [0, 0.1) is 13.8 Å². The van der Waals surface area contributed by atoms with Gasteiger partial charge in [-0.3, -0.25) is 9.10 Å². The lowest BCUT2D eigenvalue weighted by molar-refractivity contribution is -0.121. The molecule has 170 valence electrons. The van der Waals surface area contributed by atoms with E-state index in [-0.39, 0.29) is 18.9 Å². The minimum atomic E-state index is -3.44. The quantitative estimate of drug-likeness (QED) is 0.571. The molecule has 0 unspecified atom stereocenters. The fraction of sp³-hybridized carbons (Fsp3) is 0.435. The fourth-order valence-electron chi connectivity index (χ4n) is 3.31. The Morgan fingerprint density at radius 1 is 1.03 bits per heavy atom. The molecule has 2 aromatic rings. The largest absolute Gasteiger partial charge is 0.493 e. The molecule has 0 bridgehead atoms. The molecule has 0 saturated heterocycles. The molecule has 0 aliphatic rings. The van der Waals surface area contributed by atoms with Gasteiger partial charge in [-0.15, -0.1) is 0 Å². The summed E-state index contributed by atoms with van der Waals surface area (Å²) >= 11 is 0. The lowest BCUT2D eigenvalue weighted by Gasteiger charge is -2.24. The summed E-state index contributed by atoms with van der Waals surface area (Å²) in [6.45, 7) is 4.55. The molecule has 0 fully saturated rings. The first-order chi connectivity index (χ1) is 14.7. The van der Waals surface area contributed by atoms with E-state index >= 15 is 0 Å². The first kappa shape index (κ1) is 24.5. The molecular weight excluding hydrogens is 416 g/mol. The second-order valence-electron chi connectivity index (χ2n) is 7.52. The molecule has 0 spiro atoms. The molecule has 8 heteroatoms. The van der Waals surface area contributed by atoms with Crippen molar-refractivity contribution >= 4 is 21.6 Å². The van der Waals surface area contributed by atoms with Gasteiger partial charge in [-0.05, 0) is 61.6 Å². The van der Waals surface area contributed by atoms with Crippen LogP contribution in [0.5, 0.6) is 11.5 Å². The number of anilines is 1. The van der Waals surface area contributed by atoms with Crippen molar-refractivity contribution in [1.29, 1.82) is 0 Å². The number of amides is 1. The molecule has 0 saturated carbocycles. The van der Waals surface area contributed by atoms with E-state index in [4.69, 9.17) is 9.47 Å². The smallest absolute Gasteiger partial charge is 0.232 e. The Bertz CT molecular complexity index is 1010. The van der Waals surface area contributed by atoms with Crippen molar-refractivity contribution in [3.05, 3.63) is 53.1 Å². The van der Waals surface area contributed by atoms with Crippen molar-refractivity contribution in [3.63, 3.8) is 0 Å². The summed E-state index contributed by atoms with van der Waals surface area (Å²) in [5.41, 5.74) is 3.56. The molecule has 2 aromatic carbocycles. The van der Waals surface area contributed by atoms with Crippen molar-refractivity contribution in [1.82, 2.24) is 5.32 Å². The Morgan fingerprint density at radius 3 is 2.39 bits per heavy atom. The summed E-state index contributed by atoms with van der Waals surface area (Å²) in [5, 5.41) is 2.89. The molecule has 1 amide bonds. The normalized spacial score (nSPS) is 11.1. The number of benzene rings is 2. The van der Waals surface area contributed by atoms with Crippen molar-refractivity contribution in [2.45, 2.75) is 33.1 Å². The maximum Gasteiger partial charge on any atom is 0.232 e. The highest BCUT2D eigenvalue weighted by molar-refractivity contribution is 7.92. The van der Waals surface area contributed by atoms with Gasteiger partial charge in [-0.25, -0.2) is 8.42 Å². The van der Waals surface area contributed by atoms with Crippen LogP contribution < -0.4 is 19.1 Å². The Kier molecular flexibility index (Phi) is 8.74. The number of ether oxygens (including phenoxy) is 2. The van der Waals surface area contributed by atoms with Gasteiger partial charge in [0, 0.05) is 19.5 Å². The van der Waals surface area contributed by atoms with E-state index in [2.05, 4.69) is 5.32 Å². The minimum Gasteiger partial charge on any atom is -0.493 e. The van der Waals surface area contributed by atoms with Crippen molar-refractivity contribution in [2.24, 2.45) is 0 Å². The van der Waals surface area contributed by atoms with Crippen LogP contribution in [0.3, 0.4) is 0 Å². The zero-order chi connectivity index (χ0) is 23.0. The van der Waals surface area contributed by atoms with Gasteiger partial charge in [0.2, 0.25) is 15.9 Å². The number of hydrogen-bond donors (Lipinski definition) is 1. The minimum absolute atomic E-state index is 0.102. The third kappa shape index (κ3) is 7.17. The SMILES string of the molecule is COc1ccc(CCNC(=O)CCCN(c2cc(C)ccc2C)S(C)(=O)=O)cc1OC. The molecular formula is C23H32N2O5S. The lowest BCUT2D eigenvalue weighted by Crippen LogP contribution is -2.33. The van der Waals surface area contributed by atoms with Crippen LogP contribution in [0.25, 0.3) is 0 Å². The van der Waals surface area contributed by atoms with Gasteiger partial charge in [0.1, 0.15) is 0 Å². The van der Waals surface area contributed by atoms with Crippen LogP contribution in [0.4, 0.5) is 5.69 Å². The first-order valence-electron chi connectivity index (χ1n) is 10.2. The van der Waals surface area contributed by atoms with Crippen molar-refractivity contribution in [3.8, 4) is 11.5 Å². The second-order valence-corrected chi connectivity index (χ2v) is 9.42. The van der Waals surface area contributed by atoms with E-state index in [0.29, 0.717) is 36.6 Å². The number of rotatable bonds is 11. The van der Waals surface area contributed by atoms with Gasteiger partial charge >= 0.3 is 0 Å². The van der Waals surface area contributed by atoms with Crippen LogP contribution >= 0.6 is 0 Å². The summed E-state index contributed by atoms with van der Waals surface area (Å²) in [5.74, 6) is 1.21. The van der Waals surface area contributed by atoms with E-state index < -0.39 is 10.0 Å². The Balaban J connectivity index is 1.87. The summed E-state index contributed by atoms with van der Waals surface area (Å²) in [6, 6.07) is 11.4. The zero-order valence-corrected chi connectivity index (χ0v) is 19.7. The van der Waals surface area contributed by atoms with E-state index in [9.17, 15) is 13.2 Å². The fourth-order valence-corrected chi connectivity index (χ4v) is 4.32. The Morgan fingerprint density at radius 2 is 1.74 bits per heavy atom. The third-order valence-electron chi connectivity index (χ3n) is 4.98. The maximum atomic E-state index is 12.3. The molecule has 7 nitrogen and oxygen atoms in total. The Hall–Kier alpha value is -2.74. The summed E-state index contributed by atoms with van der Waals surface area (Å²) in [6.07, 6.45) is 2.54. The van der Waals surface area contributed by atoms with Crippen LogP contribution in [0.15, 0.2) is 36.4 Å². The topological polar surface area (TPSA) is 84.9 Å². The van der Waals surface area contributed by atoms with Gasteiger partial charge in [0.15, 0.2) is 11.5 Å². The van der Waals surface area contributed by atoms with E-state index in [0.717, 1.165) is 16.7 Å². The molecule has 0 aromatic heterocycles.